The Kier molecular flexibility index (Phi) is 11.2. The maximum Gasteiger partial charge on any atom is 0.410 e. The summed E-state index contributed by atoms with van der Waals surface area (Å²) in [6, 6.07) is 7.59. The first-order chi connectivity index (χ1) is 15.3. The van der Waals surface area contributed by atoms with Crippen LogP contribution < -0.4 is 5.32 Å². The zero-order valence-corrected chi connectivity index (χ0v) is 21.0. The number of carbonyl (C=O) groups excluding carboxylic acids is 2. The van der Waals surface area contributed by atoms with Gasteiger partial charge in [0.2, 0.25) is 0 Å². The molecule has 0 aliphatic rings. The lowest BCUT2D eigenvalue weighted by Gasteiger charge is -2.35. The summed E-state index contributed by atoms with van der Waals surface area (Å²) in [5, 5.41) is 12.8. The van der Waals surface area contributed by atoms with Crippen molar-refractivity contribution in [1.82, 2.24) is 10.2 Å². The van der Waals surface area contributed by atoms with E-state index in [1.165, 1.54) is 4.90 Å². The second-order valence-electron chi connectivity index (χ2n) is 9.83. The van der Waals surface area contributed by atoms with Crippen molar-refractivity contribution in [3.8, 4) is 0 Å². The number of alkyl carbamates (subject to hydrolysis) is 1. The SMILES string of the molecule is CCC(C)[C@@H](C(=O)O)N(C[C@@H](CC(C)C)NC(=O)OC(C)(C)C)C(=O)OCc1ccccc1. The van der Waals surface area contributed by atoms with E-state index in [4.69, 9.17) is 9.47 Å². The number of carboxylic acids is 1. The minimum absolute atomic E-state index is 0.00759. The van der Waals surface area contributed by atoms with Crippen LogP contribution in [-0.2, 0) is 20.9 Å². The lowest BCUT2D eigenvalue weighted by molar-refractivity contribution is -0.145. The standard InChI is InChI=1S/C25H40N2O6/c1-8-18(4)21(22(28)29)27(24(31)32-16-19-12-10-9-11-13-19)15-20(14-17(2)3)26-23(30)33-25(5,6)7/h9-13,17-18,20-21H,8,14-16H2,1-7H3,(H,26,30)(H,28,29)/t18?,20-,21+/m1/s1. The molecule has 0 radical (unpaired) electrons. The van der Waals surface area contributed by atoms with Crippen molar-refractivity contribution in [3.05, 3.63) is 35.9 Å². The van der Waals surface area contributed by atoms with Crippen molar-refractivity contribution in [2.45, 2.75) is 85.6 Å². The molecular formula is C25H40N2O6. The third-order valence-corrected chi connectivity index (χ3v) is 5.11. The van der Waals surface area contributed by atoms with Crippen LogP contribution in [0.25, 0.3) is 0 Å². The molecule has 0 aliphatic carbocycles. The van der Waals surface area contributed by atoms with E-state index in [2.05, 4.69) is 5.32 Å². The molecule has 0 aromatic heterocycles. The molecule has 2 N–H and O–H groups in total. The highest BCUT2D eigenvalue weighted by atomic mass is 16.6. The van der Waals surface area contributed by atoms with Crippen LogP contribution in [0.4, 0.5) is 9.59 Å². The van der Waals surface area contributed by atoms with Gasteiger partial charge < -0.3 is 19.9 Å². The quantitative estimate of drug-likeness (QED) is 0.474. The van der Waals surface area contributed by atoms with Gasteiger partial charge in [0.05, 0.1) is 6.04 Å². The molecule has 3 atom stereocenters. The van der Waals surface area contributed by atoms with E-state index in [1.807, 2.05) is 51.1 Å². The van der Waals surface area contributed by atoms with E-state index in [0.717, 1.165) is 5.56 Å². The van der Waals surface area contributed by atoms with E-state index in [-0.39, 0.29) is 25.0 Å². The molecule has 0 bridgehead atoms. The van der Waals surface area contributed by atoms with Gasteiger partial charge in [-0.1, -0.05) is 64.4 Å². The number of hydrogen-bond donors (Lipinski definition) is 2. The summed E-state index contributed by atoms with van der Waals surface area (Å²) in [5.74, 6) is -1.23. The van der Waals surface area contributed by atoms with Gasteiger partial charge >= 0.3 is 18.2 Å². The van der Waals surface area contributed by atoms with Crippen molar-refractivity contribution >= 4 is 18.2 Å². The highest BCUT2D eigenvalue weighted by molar-refractivity contribution is 5.80. The predicted molar refractivity (Wildman–Crippen MR) is 127 cm³/mol. The smallest absolute Gasteiger partial charge is 0.410 e. The Bertz CT molecular complexity index is 760. The predicted octanol–water partition coefficient (Wildman–Crippen LogP) is 5.06. The summed E-state index contributed by atoms with van der Waals surface area (Å²) < 4.78 is 10.9. The molecule has 0 aliphatic heterocycles. The van der Waals surface area contributed by atoms with Gasteiger partial charge in [0.25, 0.3) is 0 Å². The minimum atomic E-state index is -1.11. The summed E-state index contributed by atoms with van der Waals surface area (Å²) in [5.41, 5.74) is 0.119. The highest BCUT2D eigenvalue weighted by Gasteiger charge is 2.36. The Labute approximate surface area is 197 Å². The summed E-state index contributed by atoms with van der Waals surface area (Å²) in [6.45, 7) is 13.0. The minimum Gasteiger partial charge on any atom is -0.480 e. The van der Waals surface area contributed by atoms with Crippen molar-refractivity contribution in [2.24, 2.45) is 11.8 Å². The van der Waals surface area contributed by atoms with E-state index >= 15 is 0 Å². The van der Waals surface area contributed by atoms with Crippen LogP contribution in [0, 0.1) is 11.8 Å². The second-order valence-corrected chi connectivity index (χ2v) is 9.83. The van der Waals surface area contributed by atoms with Crippen molar-refractivity contribution in [2.75, 3.05) is 6.54 Å². The van der Waals surface area contributed by atoms with Crippen LogP contribution in [0.3, 0.4) is 0 Å². The van der Waals surface area contributed by atoms with Gasteiger partial charge in [-0.25, -0.2) is 14.4 Å². The van der Waals surface area contributed by atoms with Crippen LogP contribution >= 0.6 is 0 Å². The van der Waals surface area contributed by atoms with Gasteiger partial charge in [0.15, 0.2) is 0 Å². The monoisotopic (exact) mass is 464 g/mol. The van der Waals surface area contributed by atoms with Crippen LogP contribution in [0.5, 0.6) is 0 Å². The Hall–Kier alpha value is -2.77. The molecule has 0 saturated heterocycles. The fourth-order valence-corrected chi connectivity index (χ4v) is 3.47. The molecule has 0 heterocycles. The molecule has 1 aromatic carbocycles. The number of aliphatic carboxylic acids is 1. The summed E-state index contributed by atoms with van der Waals surface area (Å²) in [6.07, 6.45) is -0.241. The molecule has 2 amide bonds. The van der Waals surface area contributed by atoms with Gasteiger partial charge in [0.1, 0.15) is 18.2 Å². The van der Waals surface area contributed by atoms with Crippen molar-refractivity contribution < 1.29 is 29.0 Å². The molecule has 8 heteroatoms. The first-order valence-electron chi connectivity index (χ1n) is 11.5. The first-order valence-corrected chi connectivity index (χ1v) is 11.5. The van der Waals surface area contributed by atoms with Gasteiger partial charge in [-0.15, -0.1) is 0 Å². The molecule has 1 aromatic rings. The number of ether oxygens (including phenoxy) is 2. The zero-order valence-electron chi connectivity index (χ0n) is 21.0. The molecule has 0 saturated carbocycles. The topological polar surface area (TPSA) is 105 Å². The Morgan fingerprint density at radius 3 is 2.18 bits per heavy atom. The van der Waals surface area contributed by atoms with Crippen molar-refractivity contribution in [1.29, 1.82) is 0 Å². The maximum atomic E-state index is 13.1. The largest absolute Gasteiger partial charge is 0.480 e. The molecule has 186 valence electrons. The summed E-state index contributed by atoms with van der Waals surface area (Å²) in [4.78, 5) is 38.9. The average molecular weight is 465 g/mol. The fourth-order valence-electron chi connectivity index (χ4n) is 3.47. The third-order valence-electron chi connectivity index (χ3n) is 5.11. The van der Waals surface area contributed by atoms with E-state index in [0.29, 0.717) is 12.8 Å². The van der Waals surface area contributed by atoms with Gasteiger partial charge in [0, 0.05) is 6.54 Å². The Balaban J connectivity index is 3.14. The maximum absolute atomic E-state index is 13.1. The lowest BCUT2D eigenvalue weighted by atomic mass is 9.96. The number of benzene rings is 1. The third kappa shape index (κ3) is 10.6. The zero-order chi connectivity index (χ0) is 25.2. The number of rotatable bonds is 11. The number of carbonyl (C=O) groups is 3. The number of nitrogens with zero attached hydrogens (tertiary/aromatic N) is 1. The average Bonchev–Trinajstić information content (AvgIpc) is 2.69. The Morgan fingerprint density at radius 1 is 1.09 bits per heavy atom. The van der Waals surface area contributed by atoms with Crippen LogP contribution in [0.1, 0.15) is 66.9 Å². The molecule has 1 unspecified atom stereocenters. The van der Waals surface area contributed by atoms with Crippen LogP contribution in [0.2, 0.25) is 0 Å². The van der Waals surface area contributed by atoms with Gasteiger partial charge in [-0.2, -0.15) is 0 Å². The highest BCUT2D eigenvalue weighted by Crippen LogP contribution is 2.20. The second kappa shape index (κ2) is 13.1. The number of hydrogen-bond acceptors (Lipinski definition) is 5. The van der Waals surface area contributed by atoms with Crippen LogP contribution in [0.15, 0.2) is 30.3 Å². The molecule has 1 rings (SSSR count). The lowest BCUT2D eigenvalue weighted by Crippen LogP contribution is -2.55. The van der Waals surface area contributed by atoms with E-state index < -0.39 is 35.8 Å². The van der Waals surface area contributed by atoms with E-state index in [1.54, 1.807) is 27.7 Å². The number of amides is 2. The molecule has 0 spiro atoms. The summed E-state index contributed by atoms with van der Waals surface area (Å²) >= 11 is 0. The Morgan fingerprint density at radius 2 is 1.70 bits per heavy atom. The molecule has 0 fully saturated rings. The number of carboxylic acid groups (broad SMARTS) is 1. The fraction of sp³-hybridized carbons (Fsp3) is 0.640. The summed E-state index contributed by atoms with van der Waals surface area (Å²) in [7, 11) is 0. The van der Waals surface area contributed by atoms with Gasteiger partial charge in [-0.05, 0) is 44.6 Å². The van der Waals surface area contributed by atoms with Crippen LogP contribution in [-0.4, -0.2) is 52.4 Å². The van der Waals surface area contributed by atoms with Gasteiger partial charge in [-0.3, -0.25) is 4.90 Å². The first kappa shape index (κ1) is 28.3. The molecular weight excluding hydrogens is 424 g/mol. The normalized spacial score (nSPS) is 14.2. The molecule has 8 nitrogen and oxygen atoms in total. The van der Waals surface area contributed by atoms with E-state index in [9.17, 15) is 19.5 Å². The molecule has 33 heavy (non-hydrogen) atoms. The van der Waals surface area contributed by atoms with Crippen molar-refractivity contribution in [3.63, 3.8) is 0 Å². The number of nitrogens with one attached hydrogen (secondary N) is 1.